The van der Waals surface area contributed by atoms with Crippen LogP contribution in [0.4, 0.5) is 5.69 Å². The second kappa shape index (κ2) is 6.55. The molecule has 0 saturated carbocycles. The molecule has 1 aliphatic rings. The van der Waals surface area contributed by atoms with Gasteiger partial charge in [-0.1, -0.05) is 31.5 Å². The van der Waals surface area contributed by atoms with E-state index in [0.717, 1.165) is 30.6 Å². The molecule has 1 atom stereocenters. The van der Waals surface area contributed by atoms with Gasteiger partial charge in [0.2, 0.25) is 11.8 Å². The van der Waals surface area contributed by atoms with Crippen LogP contribution >= 0.6 is 0 Å². The van der Waals surface area contributed by atoms with Gasteiger partial charge in [-0.05, 0) is 25.0 Å². The third-order valence-corrected chi connectivity index (χ3v) is 3.77. The van der Waals surface area contributed by atoms with Crippen LogP contribution in [0.2, 0.25) is 0 Å². The molecule has 108 valence electrons. The van der Waals surface area contributed by atoms with Gasteiger partial charge in [-0.2, -0.15) is 0 Å². The third kappa shape index (κ3) is 3.38. The molecule has 1 N–H and O–H groups in total. The van der Waals surface area contributed by atoms with E-state index in [0.29, 0.717) is 13.0 Å². The van der Waals surface area contributed by atoms with Gasteiger partial charge in [-0.25, -0.2) is 0 Å². The summed E-state index contributed by atoms with van der Waals surface area (Å²) >= 11 is 0. The van der Waals surface area contributed by atoms with E-state index in [1.165, 1.54) is 0 Å². The normalized spacial score (nSPS) is 18.4. The fourth-order valence-corrected chi connectivity index (χ4v) is 2.46. The molecule has 0 spiro atoms. The molecule has 4 nitrogen and oxygen atoms in total. The van der Waals surface area contributed by atoms with E-state index in [1.54, 1.807) is 0 Å². The third-order valence-electron chi connectivity index (χ3n) is 3.77. The van der Waals surface area contributed by atoms with Crippen molar-refractivity contribution in [3.8, 4) is 0 Å². The highest BCUT2D eigenvalue weighted by Gasteiger charge is 2.33. The van der Waals surface area contributed by atoms with Crippen molar-refractivity contribution in [1.29, 1.82) is 0 Å². The first-order chi connectivity index (χ1) is 9.61. The number of benzene rings is 1. The zero-order valence-corrected chi connectivity index (χ0v) is 12.2. The second-order valence-corrected chi connectivity index (χ2v) is 5.40. The quantitative estimate of drug-likeness (QED) is 0.897. The van der Waals surface area contributed by atoms with Crippen molar-refractivity contribution in [2.75, 3.05) is 18.4 Å². The summed E-state index contributed by atoms with van der Waals surface area (Å²) in [6, 6.07) is 7.69. The van der Waals surface area contributed by atoms with E-state index < -0.39 is 0 Å². The zero-order valence-electron chi connectivity index (χ0n) is 12.2. The van der Waals surface area contributed by atoms with E-state index in [2.05, 4.69) is 12.2 Å². The lowest BCUT2D eigenvalue weighted by molar-refractivity contribution is -0.128. The van der Waals surface area contributed by atoms with Gasteiger partial charge >= 0.3 is 0 Å². The predicted molar refractivity (Wildman–Crippen MR) is 79.4 cm³/mol. The molecular formula is C16H22N2O2. The minimum Gasteiger partial charge on any atom is -0.342 e. The van der Waals surface area contributed by atoms with Crippen LogP contribution in [-0.2, 0) is 9.59 Å². The fraction of sp³-hybridized carbons (Fsp3) is 0.500. The van der Waals surface area contributed by atoms with E-state index in [1.807, 2.05) is 36.1 Å². The molecule has 1 fully saturated rings. The largest absolute Gasteiger partial charge is 0.342 e. The van der Waals surface area contributed by atoms with Crippen LogP contribution in [0.15, 0.2) is 24.3 Å². The maximum absolute atomic E-state index is 12.2. The average molecular weight is 274 g/mol. The molecule has 0 aliphatic carbocycles. The Hall–Kier alpha value is -1.84. The molecule has 1 aromatic rings. The molecule has 2 amide bonds. The van der Waals surface area contributed by atoms with Gasteiger partial charge in [0.1, 0.15) is 0 Å². The standard InChI is InChI=1S/C16H22N2O2/c1-3-4-9-18-11-13(10-15(18)19)16(20)17-14-8-6-5-7-12(14)2/h5-8,13H,3-4,9-11H2,1-2H3,(H,17,20)/t13-/m1/s1. The topological polar surface area (TPSA) is 49.4 Å². The van der Waals surface area contributed by atoms with Crippen molar-refractivity contribution >= 4 is 17.5 Å². The smallest absolute Gasteiger partial charge is 0.229 e. The van der Waals surface area contributed by atoms with Gasteiger partial charge in [0.25, 0.3) is 0 Å². The monoisotopic (exact) mass is 274 g/mol. The highest BCUT2D eigenvalue weighted by Crippen LogP contribution is 2.21. The Morgan fingerprint density at radius 1 is 1.40 bits per heavy atom. The minimum atomic E-state index is -0.223. The number of nitrogens with one attached hydrogen (secondary N) is 1. The van der Waals surface area contributed by atoms with Crippen LogP contribution in [0, 0.1) is 12.8 Å². The van der Waals surface area contributed by atoms with Crippen LogP contribution in [0.1, 0.15) is 31.7 Å². The van der Waals surface area contributed by atoms with Crippen LogP contribution in [0.3, 0.4) is 0 Å². The van der Waals surface area contributed by atoms with Gasteiger partial charge in [0.15, 0.2) is 0 Å². The number of aryl methyl sites for hydroxylation is 1. The maximum atomic E-state index is 12.2. The Labute approximate surface area is 120 Å². The number of para-hydroxylation sites is 1. The van der Waals surface area contributed by atoms with Gasteiger partial charge in [-0.15, -0.1) is 0 Å². The predicted octanol–water partition coefficient (Wildman–Crippen LogP) is 2.58. The molecular weight excluding hydrogens is 252 g/mol. The van der Waals surface area contributed by atoms with Crippen LogP contribution < -0.4 is 5.32 Å². The molecule has 0 unspecified atom stereocenters. The molecule has 2 rings (SSSR count). The molecule has 1 saturated heterocycles. The lowest BCUT2D eigenvalue weighted by Gasteiger charge is -2.16. The SMILES string of the molecule is CCCCN1C[C@H](C(=O)Nc2ccccc2C)CC1=O. The number of amides is 2. The van der Waals surface area contributed by atoms with E-state index in [4.69, 9.17) is 0 Å². The summed E-state index contributed by atoms with van der Waals surface area (Å²) in [6.45, 7) is 5.38. The molecule has 0 aromatic heterocycles. The molecule has 0 bridgehead atoms. The summed E-state index contributed by atoms with van der Waals surface area (Å²) in [5.41, 5.74) is 1.87. The average Bonchev–Trinajstić information content (AvgIpc) is 2.80. The Bertz CT molecular complexity index is 499. The van der Waals surface area contributed by atoms with Crippen molar-refractivity contribution in [2.45, 2.75) is 33.1 Å². The van der Waals surface area contributed by atoms with Gasteiger partial charge in [0.05, 0.1) is 5.92 Å². The summed E-state index contributed by atoms with van der Waals surface area (Å²) in [4.78, 5) is 25.9. The summed E-state index contributed by atoms with van der Waals surface area (Å²) in [5, 5.41) is 2.93. The first-order valence-electron chi connectivity index (χ1n) is 7.26. The summed E-state index contributed by atoms with van der Waals surface area (Å²) < 4.78 is 0. The number of hydrogen-bond acceptors (Lipinski definition) is 2. The van der Waals surface area contributed by atoms with Crippen LogP contribution in [0.5, 0.6) is 0 Å². The maximum Gasteiger partial charge on any atom is 0.229 e. The first kappa shape index (κ1) is 14.6. The summed E-state index contributed by atoms with van der Waals surface area (Å²) in [7, 11) is 0. The number of likely N-dealkylation sites (tertiary alicyclic amines) is 1. The zero-order chi connectivity index (χ0) is 14.5. The fourth-order valence-electron chi connectivity index (χ4n) is 2.46. The summed E-state index contributed by atoms with van der Waals surface area (Å²) in [5.74, 6) is -0.172. The van der Waals surface area contributed by atoms with E-state index >= 15 is 0 Å². The molecule has 4 heteroatoms. The van der Waals surface area contributed by atoms with Crippen molar-refractivity contribution in [3.63, 3.8) is 0 Å². The molecule has 20 heavy (non-hydrogen) atoms. The number of rotatable bonds is 5. The van der Waals surface area contributed by atoms with Crippen molar-refractivity contribution in [2.24, 2.45) is 5.92 Å². The molecule has 1 aromatic carbocycles. The van der Waals surface area contributed by atoms with Crippen molar-refractivity contribution in [1.82, 2.24) is 4.90 Å². The van der Waals surface area contributed by atoms with Gasteiger partial charge in [-0.3, -0.25) is 9.59 Å². The highest BCUT2D eigenvalue weighted by atomic mass is 16.2. The first-order valence-corrected chi connectivity index (χ1v) is 7.26. The molecule has 0 radical (unpaired) electrons. The second-order valence-electron chi connectivity index (χ2n) is 5.40. The minimum absolute atomic E-state index is 0.0494. The number of anilines is 1. The van der Waals surface area contributed by atoms with Gasteiger partial charge in [0, 0.05) is 25.2 Å². The summed E-state index contributed by atoms with van der Waals surface area (Å²) in [6.07, 6.45) is 2.39. The number of nitrogens with zero attached hydrogens (tertiary/aromatic N) is 1. The van der Waals surface area contributed by atoms with Crippen LogP contribution in [0.25, 0.3) is 0 Å². The lowest BCUT2D eigenvalue weighted by atomic mass is 10.1. The number of carbonyl (C=O) groups is 2. The Morgan fingerprint density at radius 3 is 2.85 bits per heavy atom. The number of carbonyl (C=O) groups excluding carboxylic acids is 2. The lowest BCUT2D eigenvalue weighted by Crippen LogP contribution is -2.29. The van der Waals surface area contributed by atoms with Crippen LogP contribution in [-0.4, -0.2) is 29.8 Å². The number of unbranched alkanes of at least 4 members (excludes halogenated alkanes) is 1. The van der Waals surface area contributed by atoms with E-state index in [-0.39, 0.29) is 17.7 Å². The Morgan fingerprint density at radius 2 is 2.15 bits per heavy atom. The van der Waals surface area contributed by atoms with Crippen molar-refractivity contribution < 1.29 is 9.59 Å². The van der Waals surface area contributed by atoms with Crippen molar-refractivity contribution in [3.05, 3.63) is 29.8 Å². The highest BCUT2D eigenvalue weighted by molar-refractivity contribution is 5.97. The molecule has 1 aliphatic heterocycles. The van der Waals surface area contributed by atoms with E-state index in [9.17, 15) is 9.59 Å². The van der Waals surface area contributed by atoms with Gasteiger partial charge < -0.3 is 10.2 Å². The Balaban J connectivity index is 1.94. The molecule has 1 heterocycles. The Kier molecular flexibility index (Phi) is 4.77. The number of hydrogen-bond donors (Lipinski definition) is 1.